The Morgan fingerprint density at radius 2 is 1.70 bits per heavy atom. The summed E-state index contributed by atoms with van der Waals surface area (Å²) in [5.41, 5.74) is 0.941. The van der Waals surface area contributed by atoms with Crippen LogP contribution < -0.4 is 10.6 Å². The van der Waals surface area contributed by atoms with Gasteiger partial charge in [0.2, 0.25) is 5.91 Å². The van der Waals surface area contributed by atoms with E-state index in [4.69, 9.17) is 39.5 Å². The first kappa shape index (κ1) is 28.8. The van der Waals surface area contributed by atoms with Crippen molar-refractivity contribution in [1.29, 1.82) is 0 Å². The van der Waals surface area contributed by atoms with Gasteiger partial charge >= 0.3 is 5.97 Å². The predicted octanol–water partition coefficient (Wildman–Crippen LogP) is 5.66. The summed E-state index contributed by atoms with van der Waals surface area (Å²) in [5.74, 6) is -0.646. The first-order valence-electron chi connectivity index (χ1n) is 11.2. The molecule has 0 fully saturated rings. The normalized spacial score (nSPS) is 11.6. The smallest absolute Gasteiger partial charge is 0.338 e. The second-order valence-electron chi connectivity index (χ2n) is 7.66. The highest BCUT2D eigenvalue weighted by molar-refractivity contribution is 7.99. The van der Waals surface area contributed by atoms with Crippen molar-refractivity contribution in [2.24, 2.45) is 0 Å². The monoisotopic (exact) mass is 583 g/mol. The molecule has 0 bridgehead atoms. The quantitative estimate of drug-likeness (QED) is 0.233. The molecule has 37 heavy (non-hydrogen) atoms. The molecule has 2 aromatic carbocycles. The van der Waals surface area contributed by atoms with Gasteiger partial charge in [-0.25, -0.2) is 4.79 Å². The van der Waals surface area contributed by atoms with E-state index in [9.17, 15) is 14.4 Å². The van der Waals surface area contributed by atoms with Crippen LogP contribution in [0.25, 0.3) is 0 Å². The number of hydrogen-bond donors (Lipinski definition) is 2. The molecule has 0 spiro atoms. The Morgan fingerprint density at radius 3 is 2.38 bits per heavy atom. The Balaban J connectivity index is 1.64. The molecule has 0 saturated heterocycles. The molecule has 2 amide bonds. The van der Waals surface area contributed by atoms with Crippen LogP contribution in [0, 0.1) is 0 Å². The van der Waals surface area contributed by atoms with Crippen LogP contribution in [0.4, 0.5) is 5.69 Å². The Morgan fingerprint density at radius 1 is 1.00 bits per heavy atom. The zero-order valence-corrected chi connectivity index (χ0v) is 23.3. The summed E-state index contributed by atoms with van der Waals surface area (Å²) in [4.78, 5) is 37.2. The second kappa shape index (κ2) is 13.1. The third kappa shape index (κ3) is 7.38. The number of thioether (sulfide) groups is 1. The molecule has 1 heterocycles. The van der Waals surface area contributed by atoms with Gasteiger partial charge in [0.25, 0.3) is 5.91 Å². The molecular weight excluding hydrogens is 561 g/mol. The number of hydrogen-bond acceptors (Lipinski definition) is 7. The first-order valence-corrected chi connectivity index (χ1v) is 13.3. The van der Waals surface area contributed by atoms with Gasteiger partial charge in [-0.05, 0) is 57.2 Å². The minimum absolute atomic E-state index is 0.0160. The summed E-state index contributed by atoms with van der Waals surface area (Å²) >= 11 is 19.3. The molecule has 1 aromatic heterocycles. The SMILES string of the molecule is CCOC(=O)c1ccc(Cl)c(NC(=O)CSc2nnc(C(C)NC(=O)c3ccc(Cl)c(Cl)c3)n2CC)c1. The maximum atomic E-state index is 12.6. The van der Waals surface area contributed by atoms with Crippen LogP contribution in [0.3, 0.4) is 0 Å². The average Bonchev–Trinajstić information content (AvgIpc) is 3.29. The van der Waals surface area contributed by atoms with Crippen molar-refractivity contribution in [3.8, 4) is 0 Å². The van der Waals surface area contributed by atoms with Crippen molar-refractivity contribution in [1.82, 2.24) is 20.1 Å². The number of ether oxygens (including phenoxy) is 1. The number of halogens is 3. The van der Waals surface area contributed by atoms with Crippen molar-refractivity contribution >= 4 is 70.0 Å². The van der Waals surface area contributed by atoms with Gasteiger partial charge < -0.3 is 19.9 Å². The fraction of sp³-hybridized carbons (Fsp3) is 0.292. The maximum absolute atomic E-state index is 12.6. The molecule has 9 nitrogen and oxygen atoms in total. The topological polar surface area (TPSA) is 115 Å². The number of benzene rings is 2. The van der Waals surface area contributed by atoms with E-state index in [-0.39, 0.29) is 39.8 Å². The lowest BCUT2D eigenvalue weighted by atomic mass is 10.2. The lowest BCUT2D eigenvalue weighted by Crippen LogP contribution is -2.28. The summed E-state index contributed by atoms with van der Waals surface area (Å²) < 4.78 is 6.80. The van der Waals surface area contributed by atoms with Crippen LogP contribution >= 0.6 is 46.6 Å². The van der Waals surface area contributed by atoms with Gasteiger partial charge in [0.05, 0.1) is 44.7 Å². The lowest BCUT2D eigenvalue weighted by molar-refractivity contribution is -0.113. The van der Waals surface area contributed by atoms with Gasteiger partial charge in [-0.3, -0.25) is 9.59 Å². The van der Waals surface area contributed by atoms with E-state index in [1.807, 2.05) is 11.5 Å². The standard InChI is InChI=1S/C24H24Cl3N5O4S/c1-4-32-21(13(3)28-22(34)14-6-8-16(25)18(27)10-14)30-31-24(32)37-12-20(33)29-19-11-15(7-9-17(19)26)23(35)36-5-2/h6-11,13H,4-5,12H2,1-3H3,(H,28,34)(H,29,33). The number of anilines is 1. The molecule has 1 unspecified atom stereocenters. The van der Waals surface area contributed by atoms with E-state index in [2.05, 4.69) is 20.8 Å². The number of rotatable bonds is 10. The van der Waals surface area contributed by atoms with Crippen LogP contribution in [-0.2, 0) is 16.1 Å². The summed E-state index contributed by atoms with van der Waals surface area (Å²) in [7, 11) is 0. The number of carbonyl (C=O) groups excluding carboxylic acids is 3. The lowest BCUT2D eigenvalue weighted by Gasteiger charge is -2.15. The number of esters is 1. The Bertz CT molecular complexity index is 1320. The Labute approximate surface area is 233 Å². The third-order valence-corrected chi connectivity index (χ3v) is 7.10. The fourth-order valence-electron chi connectivity index (χ4n) is 3.29. The zero-order chi connectivity index (χ0) is 27.1. The van der Waals surface area contributed by atoms with E-state index in [1.54, 1.807) is 26.0 Å². The average molecular weight is 585 g/mol. The Kier molecular flexibility index (Phi) is 10.2. The van der Waals surface area contributed by atoms with Crippen LogP contribution in [0.5, 0.6) is 0 Å². The summed E-state index contributed by atoms with van der Waals surface area (Å²) in [6.07, 6.45) is 0. The van der Waals surface area contributed by atoms with E-state index < -0.39 is 12.0 Å². The van der Waals surface area contributed by atoms with Gasteiger partial charge in [-0.2, -0.15) is 0 Å². The number of nitrogens with one attached hydrogen (secondary N) is 2. The molecule has 13 heteroatoms. The second-order valence-corrected chi connectivity index (χ2v) is 9.83. The number of carbonyl (C=O) groups is 3. The highest BCUT2D eigenvalue weighted by atomic mass is 35.5. The van der Waals surface area contributed by atoms with E-state index in [1.165, 1.54) is 36.0 Å². The van der Waals surface area contributed by atoms with Gasteiger partial charge in [0, 0.05) is 12.1 Å². The van der Waals surface area contributed by atoms with E-state index in [0.29, 0.717) is 33.8 Å². The molecule has 0 aliphatic heterocycles. The molecular formula is C24H24Cl3N5O4S. The molecule has 3 aromatic rings. The van der Waals surface area contributed by atoms with Crippen molar-refractivity contribution < 1.29 is 19.1 Å². The molecule has 3 rings (SSSR count). The summed E-state index contributed by atoms with van der Waals surface area (Å²) in [6.45, 7) is 6.15. The molecule has 2 N–H and O–H groups in total. The van der Waals surface area contributed by atoms with Crippen LogP contribution in [-0.4, -0.2) is 44.9 Å². The van der Waals surface area contributed by atoms with E-state index in [0.717, 1.165) is 0 Å². The molecule has 196 valence electrons. The molecule has 0 saturated carbocycles. The number of nitrogens with zero attached hydrogens (tertiary/aromatic N) is 3. The zero-order valence-electron chi connectivity index (χ0n) is 20.2. The van der Waals surface area contributed by atoms with Crippen molar-refractivity contribution in [2.45, 2.75) is 38.5 Å². The first-order chi connectivity index (χ1) is 17.6. The van der Waals surface area contributed by atoms with Crippen molar-refractivity contribution in [3.63, 3.8) is 0 Å². The highest BCUT2D eigenvalue weighted by Gasteiger charge is 2.21. The molecule has 0 aliphatic rings. The maximum Gasteiger partial charge on any atom is 0.338 e. The van der Waals surface area contributed by atoms with E-state index >= 15 is 0 Å². The van der Waals surface area contributed by atoms with Crippen LogP contribution in [0.1, 0.15) is 53.4 Å². The van der Waals surface area contributed by atoms with Gasteiger partial charge in [0.1, 0.15) is 0 Å². The third-order valence-electron chi connectivity index (χ3n) is 5.06. The van der Waals surface area contributed by atoms with Crippen molar-refractivity contribution in [3.05, 3.63) is 68.4 Å². The minimum atomic E-state index is -0.506. The number of amides is 2. The van der Waals surface area contributed by atoms with Gasteiger partial charge in [-0.15, -0.1) is 10.2 Å². The minimum Gasteiger partial charge on any atom is -0.462 e. The molecule has 0 aliphatic carbocycles. The summed E-state index contributed by atoms with van der Waals surface area (Å²) in [6, 6.07) is 8.66. The van der Waals surface area contributed by atoms with Gasteiger partial charge in [0.15, 0.2) is 11.0 Å². The number of aromatic nitrogens is 3. The summed E-state index contributed by atoms with van der Waals surface area (Å²) in [5, 5.41) is 15.4. The Hall–Kier alpha value is -2.79. The van der Waals surface area contributed by atoms with Gasteiger partial charge in [-0.1, -0.05) is 46.6 Å². The van der Waals surface area contributed by atoms with Crippen molar-refractivity contribution in [2.75, 3.05) is 17.7 Å². The molecule has 1 atom stereocenters. The molecule has 0 radical (unpaired) electrons. The highest BCUT2D eigenvalue weighted by Crippen LogP contribution is 2.26. The van der Waals surface area contributed by atoms with Crippen LogP contribution in [0.2, 0.25) is 15.1 Å². The predicted molar refractivity (Wildman–Crippen MR) is 145 cm³/mol. The van der Waals surface area contributed by atoms with Crippen LogP contribution in [0.15, 0.2) is 41.6 Å². The largest absolute Gasteiger partial charge is 0.462 e. The fourth-order valence-corrected chi connectivity index (χ4v) is 4.56.